The number of hydrogen-bond acceptors (Lipinski definition) is 3. The number of rotatable bonds is 6. The number of urea groups is 2. The number of ether oxygens (including phenoxy) is 1. The van der Waals surface area contributed by atoms with Crippen molar-refractivity contribution < 1.29 is 27.5 Å². The number of hydrogen-bond donors (Lipinski definition) is 2. The molecule has 4 amide bonds. The number of nitrogens with one attached hydrogen (secondary N) is 2. The monoisotopic (exact) mass is 532 g/mol. The Balaban J connectivity index is 1.47. The molecule has 1 heterocycles. The van der Waals surface area contributed by atoms with Gasteiger partial charge in [0.05, 0.1) is 11.4 Å². The van der Waals surface area contributed by atoms with Gasteiger partial charge in [-0.2, -0.15) is 0 Å². The van der Waals surface area contributed by atoms with Gasteiger partial charge in [-0.1, -0.05) is 35.9 Å². The van der Waals surface area contributed by atoms with E-state index in [0.717, 1.165) is 5.56 Å². The lowest BCUT2D eigenvalue weighted by Crippen LogP contribution is -2.49. The van der Waals surface area contributed by atoms with Crippen molar-refractivity contribution in [3.05, 3.63) is 82.9 Å². The molecule has 4 rings (SSSR count). The molecule has 194 valence electrons. The molecule has 0 radical (unpaired) electrons. The summed E-state index contributed by atoms with van der Waals surface area (Å²) in [6, 6.07) is 16.8. The van der Waals surface area contributed by atoms with Crippen LogP contribution in [0.3, 0.4) is 0 Å². The van der Waals surface area contributed by atoms with Crippen molar-refractivity contribution in [2.75, 3.05) is 28.6 Å². The summed E-state index contributed by atoms with van der Waals surface area (Å²) in [7, 11) is 0. The Bertz CT molecular complexity index is 1280. The van der Waals surface area contributed by atoms with E-state index in [0.29, 0.717) is 47.2 Å². The number of amides is 4. The Morgan fingerprint density at radius 1 is 1.03 bits per heavy atom. The van der Waals surface area contributed by atoms with Crippen LogP contribution in [-0.4, -0.2) is 36.4 Å². The molecule has 0 bridgehead atoms. The van der Waals surface area contributed by atoms with Crippen LogP contribution in [0.5, 0.6) is 5.75 Å². The van der Waals surface area contributed by atoms with Gasteiger partial charge in [0.1, 0.15) is 5.75 Å². The second-order valence-corrected chi connectivity index (χ2v) is 8.95. The molecule has 3 aromatic carbocycles. The first-order valence-electron chi connectivity index (χ1n) is 11.4. The molecule has 0 spiro atoms. The maximum atomic E-state index is 13.4. The van der Waals surface area contributed by atoms with Gasteiger partial charge < -0.3 is 20.3 Å². The molecule has 7 nitrogen and oxygen atoms in total. The standard InChI is InChI=1S/C26H24ClF3N4O3/c1-17-6-11-23(22(14-17)32-24(35)31-20-5-2-4-19(27)15-20)34-13-3-12-33(25(34)36)16-18-7-9-21(10-8-18)37-26(28,29)30/h2,4-11,14-15H,3,12-13,16H2,1H3,(H2,31,32,35). The highest BCUT2D eigenvalue weighted by Crippen LogP contribution is 2.31. The van der Waals surface area contributed by atoms with E-state index in [1.165, 1.54) is 24.3 Å². The summed E-state index contributed by atoms with van der Waals surface area (Å²) >= 11 is 5.99. The molecule has 0 aliphatic carbocycles. The van der Waals surface area contributed by atoms with Crippen LogP contribution in [0.1, 0.15) is 17.5 Å². The third kappa shape index (κ3) is 7.07. The zero-order valence-corrected chi connectivity index (χ0v) is 20.6. The van der Waals surface area contributed by atoms with Crippen molar-refractivity contribution in [2.45, 2.75) is 26.3 Å². The van der Waals surface area contributed by atoms with Gasteiger partial charge in [0.25, 0.3) is 0 Å². The fourth-order valence-corrected chi connectivity index (χ4v) is 4.20. The zero-order valence-electron chi connectivity index (χ0n) is 19.8. The molecule has 0 atom stereocenters. The molecule has 11 heteroatoms. The van der Waals surface area contributed by atoms with Crippen molar-refractivity contribution in [1.82, 2.24) is 4.90 Å². The predicted octanol–water partition coefficient (Wildman–Crippen LogP) is 7.02. The minimum Gasteiger partial charge on any atom is -0.406 e. The Labute approximate surface area is 216 Å². The van der Waals surface area contributed by atoms with Gasteiger partial charge in [0.2, 0.25) is 0 Å². The molecule has 1 saturated heterocycles. The first-order valence-corrected chi connectivity index (χ1v) is 11.8. The number of alkyl halides is 3. The average Bonchev–Trinajstić information content (AvgIpc) is 2.81. The average molecular weight is 533 g/mol. The summed E-state index contributed by atoms with van der Waals surface area (Å²) in [5.74, 6) is -0.325. The molecule has 1 aliphatic rings. The van der Waals surface area contributed by atoms with Crippen LogP contribution in [-0.2, 0) is 6.54 Å². The molecule has 1 aliphatic heterocycles. The minimum absolute atomic E-state index is 0.214. The second-order valence-electron chi connectivity index (χ2n) is 8.51. The lowest BCUT2D eigenvalue weighted by atomic mass is 10.1. The molecule has 1 fully saturated rings. The number of anilines is 3. The van der Waals surface area contributed by atoms with Crippen LogP contribution in [0.25, 0.3) is 0 Å². The van der Waals surface area contributed by atoms with Crippen molar-refractivity contribution >= 4 is 40.7 Å². The molecule has 0 aromatic heterocycles. The molecular weight excluding hydrogens is 509 g/mol. The van der Waals surface area contributed by atoms with E-state index in [2.05, 4.69) is 15.4 Å². The molecule has 3 aromatic rings. The lowest BCUT2D eigenvalue weighted by Gasteiger charge is -2.36. The zero-order chi connectivity index (χ0) is 26.6. The van der Waals surface area contributed by atoms with Crippen molar-refractivity contribution in [2.24, 2.45) is 0 Å². The third-order valence-electron chi connectivity index (χ3n) is 5.62. The largest absolute Gasteiger partial charge is 0.573 e. The summed E-state index contributed by atoms with van der Waals surface area (Å²) < 4.78 is 41.2. The molecule has 0 unspecified atom stereocenters. The van der Waals surface area contributed by atoms with Gasteiger partial charge in [-0.05, 0) is 66.9 Å². The summed E-state index contributed by atoms with van der Waals surface area (Å²) in [6.07, 6.45) is -4.10. The van der Waals surface area contributed by atoms with E-state index < -0.39 is 12.4 Å². The van der Waals surface area contributed by atoms with E-state index in [1.54, 1.807) is 46.2 Å². The van der Waals surface area contributed by atoms with Crippen LogP contribution < -0.4 is 20.3 Å². The second kappa shape index (κ2) is 11.0. The van der Waals surface area contributed by atoms with Gasteiger partial charge in [-0.15, -0.1) is 13.2 Å². The van der Waals surface area contributed by atoms with Gasteiger partial charge in [-0.25, -0.2) is 9.59 Å². The van der Waals surface area contributed by atoms with Crippen LogP contribution in [0.2, 0.25) is 5.02 Å². The number of benzene rings is 3. The number of nitrogens with zero attached hydrogens (tertiary/aromatic N) is 2. The van der Waals surface area contributed by atoms with Crippen LogP contribution in [0.4, 0.5) is 39.8 Å². The normalized spacial score (nSPS) is 13.9. The van der Waals surface area contributed by atoms with E-state index in [-0.39, 0.29) is 18.3 Å². The SMILES string of the molecule is Cc1ccc(N2CCCN(Cc3ccc(OC(F)(F)F)cc3)C2=O)c(NC(=O)Nc2cccc(Cl)c2)c1. The highest BCUT2D eigenvalue weighted by atomic mass is 35.5. The van der Waals surface area contributed by atoms with E-state index in [1.807, 2.05) is 13.0 Å². The summed E-state index contributed by atoms with van der Waals surface area (Å²) in [6.45, 7) is 3.02. The Hall–Kier alpha value is -3.92. The Morgan fingerprint density at radius 2 is 1.78 bits per heavy atom. The topological polar surface area (TPSA) is 73.9 Å². The number of halogens is 4. The van der Waals surface area contributed by atoms with Crippen molar-refractivity contribution in [3.8, 4) is 5.75 Å². The fraction of sp³-hybridized carbons (Fsp3) is 0.231. The molecule has 37 heavy (non-hydrogen) atoms. The first kappa shape index (κ1) is 26.2. The van der Waals surface area contributed by atoms with Gasteiger partial charge in [-0.3, -0.25) is 4.90 Å². The highest BCUT2D eigenvalue weighted by molar-refractivity contribution is 6.30. The van der Waals surface area contributed by atoms with Gasteiger partial charge >= 0.3 is 18.4 Å². The number of carbonyl (C=O) groups excluding carboxylic acids is 2. The molecule has 0 saturated carbocycles. The summed E-state index contributed by atoms with van der Waals surface area (Å²) in [5, 5.41) is 6.02. The number of carbonyl (C=O) groups is 2. The Morgan fingerprint density at radius 3 is 2.49 bits per heavy atom. The summed E-state index contributed by atoms with van der Waals surface area (Å²) in [4.78, 5) is 29.2. The smallest absolute Gasteiger partial charge is 0.406 e. The predicted molar refractivity (Wildman–Crippen MR) is 136 cm³/mol. The quantitative estimate of drug-likeness (QED) is 0.358. The van der Waals surface area contributed by atoms with E-state index in [4.69, 9.17) is 11.6 Å². The van der Waals surface area contributed by atoms with Crippen LogP contribution in [0, 0.1) is 6.92 Å². The van der Waals surface area contributed by atoms with E-state index in [9.17, 15) is 22.8 Å². The summed E-state index contributed by atoms with van der Waals surface area (Å²) in [5.41, 5.74) is 3.07. The van der Waals surface area contributed by atoms with Crippen LogP contribution >= 0.6 is 11.6 Å². The minimum atomic E-state index is -4.77. The highest BCUT2D eigenvalue weighted by Gasteiger charge is 2.31. The van der Waals surface area contributed by atoms with Crippen LogP contribution in [0.15, 0.2) is 66.7 Å². The van der Waals surface area contributed by atoms with Gasteiger partial charge in [0.15, 0.2) is 0 Å². The maximum Gasteiger partial charge on any atom is 0.573 e. The lowest BCUT2D eigenvalue weighted by molar-refractivity contribution is -0.274. The number of aryl methyl sites for hydroxylation is 1. The Kier molecular flexibility index (Phi) is 7.77. The van der Waals surface area contributed by atoms with Crippen molar-refractivity contribution in [1.29, 1.82) is 0 Å². The maximum absolute atomic E-state index is 13.4. The first-order chi connectivity index (χ1) is 17.6. The van der Waals surface area contributed by atoms with E-state index >= 15 is 0 Å². The van der Waals surface area contributed by atoms with Gasteiger partial charge in [0, 0.05) is 30.3 Å². The molecular formula is C26H24ClF3N4O3. The molecule has 2 N–H and O–H groups in total. The third-order valence-corrected chi connectivity index (χ3v) is 5.85. The van der Waals surface area contributed by atoms with Crippen molar-refractivity contribution in [3.63, 3.8) is 0 Å². The fourth-order valence-electron chi connectivity index (χ4n) is 4.01.